The number of nitrogens with zero attached hydrogens (tertiary/aromatic N) is 4. The number of azo groups is 1. The number of aryl methyl sites for hydroxylation is 1. The zero-order chi connectivity index (χ0) is 16.6. The van der Waals surface area contributed by atoms with Crippen LogP contribution in [0.2, 0.25) is 5.02 Å². The molecule has 0 N–H and O–H groups in total. The van der Waals surface area contributed by atoms with Crippen molar-refractivity contribution in [3.05, 3.63) is 58.4 Å². The minimum absolute atomic E-state index is 0.267. The highest BCUT2D eigenvalue weighted by Gasteiger charge is 2.16. The van der Waals surface area contributed by atoms with Gasteiger partial charge in [0, 0.05) is 11.2 Å². The summed E-state index contributed by atoms with van der Waals surface area (Å²) in [5.74, 6) is 1.04. The third kappa shape index (κ3) is 2.86. The van der Waals surface area contributed by atoms with Crippen LogP contribution in [0.1, 0.15) is 36.6 Å². The largest absolute Gasteiger partial charge is 0.283 e. The molecule has 23 heavy (non-hydrogen) atoms. The van der Waals surface area contributed by atoms with Crippen LogP contribution in [0.25, 0.3) is 5.65 Å². The van der Waals surface area contributed by atoms with E-state index in [0.717, 1.165) is 34.0 Å². The van der Waals surface area contributed by atoms with Crippen LogP contribution in [0.5, 0.6) is 0 Å². The van der Waals surface area contributed by atoms with E-state index < -0.39 is 0 Å². The SMILES string of the molecule is Cc1c(Cl)cccc1N=Nc1c(C(C)C)nc2c(C)cccn12. The molecule has 2 aromatic heterocycles. The molecule has 0 spiro atoms. The van der Waals surface area contributed by atoms with Gasteiger partial charge in [-0.15, -0.1) is 10.2 Å². The summed E-state index contributed by atoms with van der Waals surface area (Å²) in [6.07, 6.45) is 1.97. The second kappa shape index (κ2) is 6.13. The maximum atomic E-state index is 6.15. The van der Waals surface area contributed by atoms with E-state index in [1.807, 2.05) is 41.8 Å². The Balaban J connectivity index is 2.15. The predicted molar refractivity (Wildman–Crippen MR) is 94.4 cm³/mol. The Morgan fingerprint density at radius 1 is 1.09 bits per heavy atom. The van der Waals surface area contributed by atoms with Gasteiger partial charge in [0.25, 0.3) is 0 Å². The van der Waals surface area contributed by atoms with Gasteiger partial charge in [-0.3, -0.25) is 4.40 Å². The van der Waals surface area contributed by atoms with Gasteiger partial charge in [0.15, 0.2) is 5.82 Å². The molecule has 3 aromatic rings. The molecule has 0 aliphatic carbocycles. The lowest BCUT2D eigenvalue weighted by Gasteiger charge is -2.03. The van der Waals surface area contributed by atoms with E-state index in [-0.39, 0.29) is 5.92 Å². The number of halogens is 1. The molecule has 0 fully saturated rings. The highest BCUT2D eigenvalue weighted by molar-refractivity contribution is 6.31. The highest BCUT2D eigenvalue weighted by atomic mass is 35.5. The summed E-state index contributed by atoms with van der Waals surface area (Å²) in [7, 11) is 0. The topological polar surface area (TPSA) is 42.0 Å². The highest BCUT2D eigenvalue weighted by Crippen LogP contribution is 2.32. The zero-order valence-corrected chi connectivity index (χ0v) is 14.5. The summed E-state index contributed by atoms with van der Waals surface area (Å²) in [6, 6.07) is 9.69. The summed E-state index contributed by atoms with van der Waals surface area (Å²) in [5, 5.41) is 9.60. The van der Waals surface area contributed by atoms with E-state index in [2.05, 4.69) is 37.1 Å². The fourth-order valence-electron chi connectivity index (χ4n) is 2.50. The Kier molecular flexibility index (Phi) is 4.18. The van der Waals surface area contributed by atoms with Gasteiger partial charge >= 0.3 is 0 Å². The van der Waals surface area contributed by atoms with Gasteiger partial charge in [0.1, 0.15) is 5.65 Å². The van der Waals surface area contributed by atoms with E-state index in [0.29, 0.717) is 5.02 Å². The van der Waals surface area contributed by atoms with E-state index >= 15 is 0 Å². The average molecular weight is 327 g/mol. The third-order valence-corrected chi connectivity index (χ3v) is 4.29. The molecule has 0 bridgehead atoms. The average Bonchev–Trinajstić information content (AvgIpc) is 2.89. The second-order valence-electron chi connectivity index (χ2n) is 5.94. The van der Waals surface area contributed by atoms with E-state index in [9.17, 15) is 0 Å². The lowest BCUT2D eigenvalue weighted by molar-refractivity contribution is 0.831. The number of rotatable bonds is 3. The Bertz CT molecular complexity index is 893. The predicted octanol–water partition coefficient (Wildman–Crippen LogP) is 6.14. The van der Waals surface area contributed by atoms with Crippen LogP contribution < -0.4 is 0 Å². The molecular weight excluding hydrogens is 308 g/mol. The Morgan fingerprint density at radius 3 is 2.61 bits per heavy atom. The van der Waals surface area contributed by atoms with Crippen molar-refractivity contribution in [3.63, 3.8) is 0 Å². The summed E-state index contributed by atoms with van der Waals surface area (Å²) in [4.78, 5) is 4.75. The first kappa shape index (κ1) is 15.7. The Labute approximate surface area is 140 Å². The quantitative estimate of drug-likeness (QED) is 0.533. The minimum Gasteiger partial charge on any atom is -0.283 e. The Morgan fingerprint density at radius 2 is 1.87 bits per heavy atom. The lowest BCUT2D eigenvalue weighted by Crippen LogP contribution is -1.87. The van der Waals surface area contributed by atoms with Crippen LogP contribution in [0.15, 0.2) is 46.8 Å². The van der Waals surface area contributed by atoms with Crippen molar-refractivity contribution in [2.75, 3.05) is 0 Å². The number of pyridine rings is 1. The van der Waals surface area contributed by atoms with Crippen LogP contribution in [-0.2, 0) is 0 Å². The Hall–Kier alpha value is -2.20. The standard InChI is InChI=1S/C18H19ClN4/c1-11(2)16-18(23-10-6-7-12(3)17(23)20-16)22-21-15-9-5-8-14(19)13(15)4/h5-11H,1-4H3. The fourth-order valence-corrected chi connectivity index (χ4v) is 2.67. The summed E-state index contributed by atoms with van der Waals surface area (Å²) < 4.78 is 1.99. The van der Waals surface area contributed by atoms with Crippen molar-refractivity contribution in [2.24, 2.45) is 10.2 Å². The lowest BCUT2D eigenvalue weighted by atomic mass is 10.1. The first-order valence-corrected chi connectivity index (χ1v) is 8.01. The van der Waals surface area contributed by atoms with Crippen molar-refractivity contribution < 1.29 is 0 Å². The van der Waals surface area contributed by atoms with Gasteiger partial charge in [0.2, 0.25) is 0 Å². The number of fused-ring (bicyclic) bond motifs is 1. The fraction of sp³-hybridized carbons (Fsp3) is 0.278. The molecule has 3 rings (SSSR count). The normalized spacial score (nSPS) is 11.9. The van der Waals surface area contributed by atoms with E-state index in [4.69, 9.17) is 16.6 Å². The molecule has 0 saturated heterocycles. The molecule has 118 valence electrons. The van der Waals surface area contributed by atoms with Crippen molar-refractivity contribution in [2.45, 2.75) is 33.6 Å². The summed E-state index contributed by atoms with van der Waals surface area (Å²) in [6.45, 7) is 8.22. The first-order chi connectivity index (χ1) is 11.0. The molecular formula is C18H19ClN4. The monoisotopic (exact) mass is 326 g/mol. The zero-order valence-electron chi connectivity index (χ0n) is 13.7. The van der Waals surface area contributed by atoms with Crippen LogP contribution in [0, 0.1) is 13.8 Å². The number of hydrogen-bond acceptors (Lipinski definition) is 3. The van der Waals surface area contributed by atoms with Crippen LogP contribution in [0.3, 0.4) is 0 Å². The summed E-state index contributed by atoms with van der Waals surface area (Å²) >= 11 is 6.15. The van der Waals surface area contributed by atoms with Gasteiger partial charge in [-0.05, 0) is 49.1 Å². The minimum atomic E-state index is 0.267. The number of hydrogen-bond donors (Lipinski definition) is 0. The maximum absolute atomic E-state index is 6.15. The third-order valence-electron chi connectivity index (χ3n) is 3.88. The van der Waals surface area contributed by atoms with Crippen LogP contribution in [-0.4, -0.2) is 9.38 Å². The number of imidazole rings is 1. The van der Waals surface area contributed by atoms with Crippen LogP contribution in [0.4, 0.5) is 11.5 Å². The molecule has 0 aliphatic heterocycles. The molecule has 0 amide bonds. The molecule has 0 radical (unpaired) electrons. The van der Waals surface area contributed by atoms with Gasteiger partial charge in [-0.25, -0.2) is 4.98 Å². The van der Waals surface area contributed by atoms with Gasteiger partial charge in [-0.1, -0.05) is 37.6 Å². The molecule has 2 heterocycles. The first-order valence-electron chi connectivity index (χ1n) is 7.63. The van der Waals surface area contributed by atoms with Crippen molar-refractivity contribution >= 4 is 28.8 Å². The van der Waals surface area contributed by atoms with Gasteiger partial charge in [0.05, 0.1) is 11.4 Å². The molecule has 0 saturated carbocycles. The molecule has 0 aliphatic rings. The van der Waals surface area contributed by atoms with Gasteiger partial charge in [-0.2, -0.15) is 0 Å². The molecule has 1 aromatic carbocycles. The van der Waals surface area contributed by atoms with Crippen LogP contribution >= 0.6 is 11.6 Å². The van der Waals surface area contributed by atoms with E-state index in [1.54, 1.807) is 0 Å². The molecule has 5 heteroatoms. The van der Waals surface area contributed by atoms with E-state index in [1.165, 1.54) is 0 Å². The summed E-state index contributed by atoms with van der Waals surface area (Å²) in [5.41, 5.74) is 4.69. The maximum Gasteiger partial charge on any atom is 0.183 e. The number of benzene rings is 1. The second-order valence-corrected chi connectivity index (χ2v) is 6.35. The molecule has 0 unspecified atom stereocenters. The van der Waals surface area contributed by atoms with Crippen molar-refractivity contribution in [3.8, 4) is 0 Å². The smallest absolute Gasteiger partial charge is 0.183 e. The molecule has 4 nitrogen and oxygen atoms in total. The van der Waals surface area contributed by atoms with Crippen molar-refractivity contribution in [1.82, 2.24) is 9.38 Å². The van der Waals surface area contributed by atoms with Gasteiger partial charge < -0.3 is 0 Å². The number of aromatic nitrogens is 2. The van der Waals surface area contributed by atoms with Crippen molar-refractivity contribution in [1.29, 1.82) is 0 Å². The molecule has 0 atom stereocenters.